The first-order valence-electron chi connectivity index (χ1n) is 8.69. The number of pyridine rings is 1. The third-order valence-electron chi connectivity index (χ3n) is 4.87. The lowest BCUT2D eigenvalue weighted by atomic mass is 9.97. The van der Waals surface area contributed by atoms with Crippen LogP contribution in [0.1, 0.15) is 11.1 Å². The van der Waals surface area contributed by atoms with Gasteiger partial charge in [-0.1, -0.05) is 24.3 Å². The minimum atomic E-state index is -3.49. The second-order valence-electron chi connectivity index (χ2n) is 7.03. The van der Waals surface area contributed by atoms with Crippen LogP contribution in [0.2, 0.25) is 0 Å². The predicted molar refractivity (Wildman–Crippen MR) is 109 cm³/mol. The molecule has 2 heterocycles. The molecule has 0 aliphatic rings. The van der Waals surface area contributed by atoms with E-state index in [9.17, 15) is 8.42 Å². The summed E-state index contributed by atoms with van der Waals surface area (Å²) in [5.41, 5.74) is 5.93. The fourth-order valence-corrected chi connectivity index (χ4v) is 4.35. The summed E-state index contributed by atoms with van der Waals surface area (Å²) in [6.07, 6.45) is 1.84. The molecule has 0 aliphatic heterocycles. The summed E-state index contributed by atoms with van der Waals surface area (Å²) in [6, 6.07) is 13.3. The Kier molecular flexibility index (Phi) is 4.05. The minimum absolute atomic E-state index is 0.285. The number of aryl methyl sites for hydroxylation is 2. The molecular weight excluding hydrogens is 358 g/mol. The lowest BCUT2D eigenvalue weighted by molar-refractivity contribution is 0.521. The molecule has 0 fully saturated rings. The Labute approximate surface area is 158 Å². The van der Waals surface area contributed by atoms with E-state index in [0.717, 1.165) is 44.2 Å². The van der Waals surface area contributed by atoms with Crippen molar-refractivity contribution in [3.05, 3.63) is 59.8 Å². The highest BCUT2D eigenvalue weighted by molar-refractivity contribution is 7.89. The first-order chi connectivity index (χ1) is 12.8. The predicted octanol–water partition coefficient (Wildman–Crippen LogP) is 4.25. The van der Waals surface area contributed by atoms with Crippen molar-refractivity contribution < 1.29 is 8.42 Å². The lowest BCUT2D eigenvalue weighted by Gasteiger charge is -2.13. The molecule has 0 spiro atoms. The van der Waals surface area contributed by atoms with Crippen molar-refractivity contribution in [2.75, 3.05) is 14.1 Å². The van der Waals surface area contributed by atoms with E-state index in [-0.39, 0.29) is 4.90 Å². The smallest absolute Gasteiger partial charge is 0.242 e. The molecular formula is C21H21N3O2S. The van der Waals surface area contributed by atoms with Gasteiger partial charge in [0.1, 0.15) is 5.65 Å². The summed E-state index contributed by atoms with van der Waals surface area (Å²) in [4.78, 5) is 8.21. The Balaban J connectivity index is 2.05. The molecule has 6 heteroatoms. The number of benzene rings is 2. The van der Waals surface area contributed by atoms with E-state index < -0.39 is 10.0 Å². The van der Waals surface area contributed by atoms with Gasteiger partial charge in [-0.15, -0.1) is 0 Å². The van der Waals surface area contributed by atoms with E-state index in [1.165, 1.54) is 4.31 Å². The minimum Gasteiger partial charge on any atom is -0.339 e. The van der Waals surface area contributed by atoms with Crippen LogP contribution in [-0.2, 0) is 10.0 Å². The molecule has 4 aromatic rings. The highest BCUT2D eigenvalue weighted by atomic mass is 32.2. The molecule has 1 N–H and O–H groups in total. The number of fused-ring (bicyclic) bond motifs is 3. The van der Waals surface area contributed by atoms with Gasteiger partial charge in [-0.05, 0) is 54.3 Å². The summed E-state index contributed by atoms with van der Waals surface area (Å²) in [5.74, 6) is 0. The fourth-order valence-electron chi connectivity index (χ4n) is 3.40. The third-order valence-corrected chi connectivity index (χ3v) is 6.69. The molecule has 2 aromatic heterocycles. The second-order valence-corrected chi connectivity index (χ2v) is 9.18. The number of H-pyrrole nitrogens is 1. The molecule has 0 saturated heterocycles. The topological polar surface area (TPSA) is 66.1 Å². The molecule has 5 nitrogen and oxygen atoms in total. The molecule has 0 unspecified atom stereocenters. The molecule has 0 bridgehead atoms. The van der Waals surface area contributed by atoms with Gasteiger partial charge in [0.2, 0.25) is 10.0 Å². The van der Waals surface area contributed by atoms with Gasteiger partial charge in [0.15, 0.2) is 0 Å². The van der Waals surface area contributed by atoms with Gasteiger partial charge >= 0.3 is 0 Å². The second kappa shape index (κ2) is 6.18. The number of hydrogen-bond donors (Lipinski definition) is 1. The normalized spacial score (nSPS) is 12.3. The molecule has 2 aromatic carbocycles. The van der Waals surface area contributed by atoms with Crippen LogP contribution in [0.3, 0.4) is 0 Å². The molecule has 0 aliphatic carbocycles. The summed E-state index contributed by atoms with van der Waals surface area (Å²) < 4.78 is 26.3. The van der Waals surface area contributed by atoms with E-state index >= 15 is 0 Å². The number of hydrogen-bond acceptors (Lipinski definition) is 3. The zero-order valence-electron chi connectivity index (χ0n) is 15.7. The van der Waals surface area contributed by atoms with Crippen LogP contribution in [0.15, 0.2) is 53.6 Å². The van der Waals surface area contributed by atoms with E-state index in [1.807, 2.05) is 25.3 Å². The Morgan fingerprint density at radius 3 is 2.56 bits per heavy atom. The first-order valence-corrected chi connectivity index (χ1v) is 10.1. The van der Waals surface area contributed by atoms with Gasteiger partial charge in [-0.25, -0.2) is 17.7 Å². The Bertz CT molecular complexity index is 1290. The molecule has 27 heavy (non-hydrogen) atoms. The van der Waals surface area contributed by atoms with Crippen molar-refractivity contribution in [3.63, 3.8) is 0 Å². The van der Waals surface area contributed by atoms with Crippen LogP contribution < -0.4 is 0 Å². The zero-order valence-corrected chi connectivity index (χ0v) is 16.6. The number of nitrogens with one attached hydrogen (secondary N) is 1. The maximum absolute atomic E-state index is 12.5. The third kappa shape index (κ3) is 2.81. The highest BCUT2D eigenvalue weighted by Gasteiger charge is 2.19. The molecule has 138 valence electrons. The van der Waals surface area contributed by atoms with Crippen molar-refractivity contribution in [2.45, 2.75) is 18.7 Å². The number of nitrogens with zero attached hydrogens (tertiary/aromatic N) is 2. The number of aromatic nitrogens is 2. The summed E-state index contributed by atoms with van der Waals surface area (Å²) in [5, 5.41) is 2.12. The van der Waals surface area contributed by atoms with Crippen LogP contribution >= 0.6 is 0 Å². The Morgan fingerprint density at radius 1 is 1.04 bits per heavy atom. The average Bonchev–Trinajstić information content (AvgIpc) is 3.02. The fraction of sp³-hybridized carbons (Fsp3) is 0.190. The van der Waals surface area contributed by atoms with Crippen molar-refractivity contribution in [1.29, 1.82) is 0 Å². The molecule has 0 amide bonds. The average molecular weight is 379 g/mol. The lowest BCUT2D eigenvalue weighted by Crippen LogP contribution is -2.22. The first kappa shape index (κ1) is 17.7. The summed E-state index contributed by atoms with van der Waals surface area (Å²) >= 11 is 0. The number of rotatable bonds is 3. The van der Waals surface area contributed by atoms with Crippen LogP contribution in [0.25, 0.3) is 33.1 Å². The highest BCUT2D eigenvalue weighted by Crippen LogP contribution is 2.36. The SMILES string of the molecule is Cc1cnc2[nH]c3c(C)ccc(-c4cccc(S(=O)(=O)N(C)C)c4)c3c2c1. The number of aromatic amines is 1. The van der Waals surface area contributed by atoms with E-state index in [0.29, 0.717) is 0 Å². The van der Waals surface area contributed by atoms with Gasteiger partial charge < -0.3 is 4.98 Å². The summed E-state index contributed by atoms with van der Waals surface area (Å²) in [6.45, 7) is 4.08. The maximum Gasteiger partial charge on any atom is 0.242 e. The largest absolute Gasteiger partial charge is 0.339 e. The Hall–Kier alpha value is -2.70. The standard InChI is InChI=1S/C21H21N3O2S/c1-13-10-18-19-17(9-8-14(2)20(19)23-21(18)22-12-13)15-6-5-7-16(11-15)27(25,26)24(3)4/h5-12H,1-4H3,(H,22,23). The molecule has 0 atom stereocenters. The van der Waals surface area contributed by atoms with E-state index in [2.05, 4.69) is 29.0 Å². The van der Waals surface area contributed by atoms with Gasteiger partial charge in [-0.2, -0.15) is 0 Å². The van der Waals surface area contributed by atoms with Crippen molar-refractivity contribution in [2.24, 2.45) is 0 Å². The molecule has 0 saturated carbocycles. The van der Waals surface area contributed by atoms with Gasteiger partial charge in [0.05, 0.1) is 10.4 Å². The summed E-state index contributed by atoms with van der Waals surface area (Å²) in [7, 11) is -0.408. The molecule has 4 rings (SSSR count). The van der Waals surface area contributed by atoms with Gasteiger partial charge in [-0.3, -0.25) is 0 Å². The quantitative estimate of drug-likeness (QED) is 0.579. The monoisotopic (exact) mass is 379 g/mol. The van der Waals surface area contributed by atoms with Crippen molar-refractivity contribution in [1.82, 2.24) is 14.3 Å². The van der Waals surface area contributed by atoms with Crippen molar-refractivity contribution >= 4 is 32.0 Å². The van der Waals surface area contributed by atoms with Crippen molar-refractivity contribution in [3.8, 4) is 11.1 Å². The van der Waals surface area contributed by atoms with Gasteiger partial charge in [0, 0.05) is 31.1 Å². The van der Waals surface area contributed by atoms with Crippen LogP contribution in [0, 0.1) is 13.8 Å². The van der Waals surface area contributed by atoms with E-state index in [4.69, 9.17) is 0 Å². The maximum atomic E-state index is 12.5. The molecule has 0 radical (unpaired) electrons. The Morgan fingerprint density at radius 2 is 1.81 bits per heavy atom. The van der Waals surface area contributed by atoms with E-state index in [1.54, 1.807) is 32.3 Å². The van der Waals surface area contributed by atoms with Crippen LogP contribution in [0.4, 0.5) is 0 Å². The van der Waals surface area contributed by atoms with Crippen LogP contribution in [-0.4, -0.2) is 36.8 Å². The number of sulfonamides is 1. The zero-order chi connectivity index (χ0) is 19.3. The van der Waals surface area contributed by atoms with Crippen LogP contribution in [0.5, 0.6) is 0 Å². The van der Waals surface area contributed by atoms with Gasteiger partial charge in [0.25, 0.3) is 0 Å².